The number of benzene rings is 3. The Labute approximate surface area is 136 Å². The Balaban J connectivity index is 1.67. The average Bonchev–Trinajstić information content (AvgIpc) is 2.94. The molecule has 0 saturated heterocycles. The van der Waals surface area contributed by atoms with Crippen LogP contribution in [-0.2, 0) is 0 Å². The molecule has 3 aromatic carbocycles. The van der Waals surface area contributed by atoms with E-state index in [1.54, 1.807) is 0 Å². The lowest BCUT2D eigenvalue weighted by Crippen LogP contribution is -2.11. The third kappa shape index (κ3) is 2.96. The monoisotopic (exact) mass is 322 g/mol. The summed E-state index contributed by atoms with van der Waals surface area (Å²) in [6.45, 7) is 0. The molecule has 0 unspecified atom stereocenters. The summed E-state index contributed by atoms with van der Waals surface area (Å²) in [6.07, 6.45) is 1.96. The van der Waals surface area contributed by atoms with Crippen molar-refractivity contribution in [3.8, 4) is 17.2 Å². The van der Waals surface area contributed by atoms with E-state index in [9.17, 15) is 0 Å². The summed E-state index contributed by atoms with van der Waals surface area (Å²) in [7, 11) is -2.70. The largest absolute Gasteiger partial charge is 0.504 e. The second-order valence-electron chi connectivity index (χ2n) is 5.11. The Hall–Kier alpha value is -2.64. The van der Waals surface area contributed by atoms with E-state index in [0.717, 1.165) is 22.8 Å². The van der Waals surface area contributed by atoms with Crippen LogP contribution >= 0.6 is 7.94 Å². The van der Waals surface area contributed by atoms with Crippen LogP contribution in [0, 0.1) is 6.16 Å². The maximum atomic E-state index is 6.16. The molecule has 0 bridgehead atoms. The van der Waals surface area contributed by atoms with Crippen LogP contribution in [0.15, 0.2) is 84.9 Å². The van der Waals surface area contributed by atoms with Crippen molar-refractivity contribution in [1.82, 2.24) is 0 Å². The van der Waals surface area contributed by atoms with Crippen LogP contribution in [0.3, 0.4) is 0 Å². The first-order chi connectivity index (χ1) is 11.3. The minimum Gasteiger partial charge on any atom is -0.339 e. The zero-order valence-corrected chi connectivity index (χ0v) is 13.2. The number of fused-ring (bicyclic) bond motifs is 1. The van der Waals surface area contributed by atoms with Gasteiger partial charge < -0.3 is 4.52 Å². The van der Waals surface area contributed by atoms with Crippen molar-refractivity contribution < 1.29 is 13.6 Å². The molecular weight excluding hydrogens is 307 g/mol. The van der Waals surface area contributed by atoms with Gasteiger partial charge in [-0.1, -0.05) is 54.1 Å². The van der Waals surface area contributed by atoms with Crippen LogP contribution in [0.1, 0.15) is 5.56 Å². The zero-order chi connectivity index (χ0) is 15.5. The van der Waals surface area contributed by atoms with E-state index in [1.165, 1.54) is 0 Å². The number of hydrogen-bond acceptors (Lipinski definition) is 3. The van der Waals surface area contributed by atoms with Crippen molar-refractivity contribution in [3.63, 3.8) is 0 Å². The Morgan fingerprint density at radius 2 is 1.17 bits per heavy atom. The Morgan fingerprint density at radius 1 is 0.652 bits per heavy atom. The number of hydrogen-bond donors (Lipinski definition) is 0. The summed E-state index contributed by atoms with van der Waals surface area (Å²) in [6, 6.07) is 27.1. The fraction of sp³-hybridized carbons (Fsp3) is 0. The molecule has 0 aliphatic carbocycles. The standard InChI is InChI=1S/C19H15O3P/c1-3-10-17(11-4-1)20-23(21-18-12-5-2-6-13-18)15-16-9-7-8-14-19(16)22-23/h1-15H. The van der Waals surface area contributed by atoms with Gasteiger partial charge in [0.25, 0.3) is 0 Å². The lowest BCUT2D eigenvalue weighted by atomic mass is 10.2. The van der Waals surface area contributed by atoms with Gasteiger partial charge in [0.05, 0.1) is 11.9 Å². The quantitative estimate of drug-likeness (QED) is 0.468. The number of para-hydroxylation sites is 3. The molecule has 0 saturated carbocycles. The fourth-order valence-electron chi connectivity index (χ4n) is 2.37. The van der Waals surface area contributed by atoms with Gasteiger partial charge in [0.15, 0.2) is 11.5 Å². The van der Waals surface area contributed by atoms with Gasteiger partial charge in [-0.2, -0.15) is 6.07 Å². The third-order valence-corrected chi connectivity index (χ3v) is 5.37. The molecule has 0 fully saturated rings. The Bertz CT molecular complexity index is 721. The van der Waals surface area contributed by atoms with Crippen molar-refractivity contribution in [2.75, 3.05) is 0 Å². The highest BCUT2D eigenvalue weighted by atomic mass is 31.2. The molecule has 1 heterocycles. The molecule has 0 aromatic heterocycles. The molecule has 4 heteroatoms. The summed E-state index contributed by atoms with van der Waals surface area (Å²) >= 11 is 0. The highest BCUT2D eigenvalue weighted by molar-refractivity contribution is 7.65. The molecule has 114 valence electrons. The van der Waals surface area contributed by atoms with Gasteiger partial charge >= 0.3 is 7.94 Å². The van der Waals surface area contributed by atoms with E-state index in [0.29, 0.717) is 0 Å². The van der Waals surface area contributed by atoms with E-state index in [2.05, 4.69) is 0 Å². The van der Waals surface area contributed by atoms with E-state index >= 15 is 0 Å². The second kappa shape index (κ2) is 5.86. The van der Waals surface area contributed by atoms with Crippen LogP contribution in [0.4, 0.5) is 0 Å². The predicted molar refractivity (Wildman–Crippen MR) is 91.5 cm³/mol. The molecule has 0 N–H and O–H groups in total. The van der Waals surface area contributed by atoms with Crippen LogP contribution in [-0.4, -0.2) is 0 Å². The molecule has 0 radical (unpaired) electrons. The first-order valence-corrected chi connectivity index (χ1v) is 8.97. The maximum Gasteiger partial charge on any atom is 0.504 e. The van der Waals surface area contributed by atoms with Gasteiger partial charge in [0.2, 0.25) is 0 Å². The number of rotatable bonds is 4. The summed E-state index contributed by atoms with van der Waals surface area (Å²) in [5.41, 5.74) is 0.993. The highest BCUT2D eigenvalue weighted by Crippen LogP contribution is 2.69. The van der Waals surface area contributed by atoms with Gasteiger partial charge in [-0.3, -0.25) is 9.05 Å². The molecule has 3 nitrogen and oxygen atoms in total. The minimum atomic E-state index is -2.70. The van der Waals surface area contributed by atoms with E-state index < -0.39 is 7.94 Å². The highest BCUT2D eigenvalue weighted by Gasteiger charge is 2.50. The summed E-state index contributed by atoms with van der Waals surface area (Å²) in [4.78, 5) is 0. The molecule has 3 aromatic rings. The van der Waals surface area contributed by atoms with Gasteiger partial charge in [-0.25, -0.2) is 0 Å². The van der Waals surface area contributed by atoms with Crippen molar-refractivity contribution in [3.05, 3.63) is 96.7 Å². The maximum absolute atomic E-state index is 6.16. The molecule has 23 heavy (non-hydrogen) atoms. The lowest BCUT2D eigenvalue weighted by Gasteiger charge is -2.21. The Kier molecular flexibility index (Phi) is 3.57. The van der Waals surface area contributed by atoms with Crippen LogP contribution in [0.5, 0.6) is 17.2 Å². The van der Waals surface area contributed by atoms with Crippen LogP contribution < -0.4 is 13.6 Å². The van der Waals surface area contributed by atoms with Crippen molar-refractivity contribution >= 4 is 7.94 Å². The average molecular weight is 322 g/mol. The zero-order valence-electron chi connectivity index (χ0n) is 12.3. The van der Waals surface area contributed by atoms with Gasteiger partial charge in [-0.15, -0.1) is 6.07 Å². The van der Waals surface area contributed by atoms with Gasteiger partial charge in [0.1, 0.15) is 0 Å². The molecule has 0 amide bonds. The second-order valence-corrected chi connectivity index (χ2v) is 6.99. The SMILES string of the molecule is c1ccc(O[P+]2(Oc3ccccc3)[CH-]c3ccccc3O2)cc1. The molecular formula is C19H15O3P. The minimum absolute atomic E-state index is 0.723. The molecule has 1 aliphatic heterocycles. The fourth-order valence-corrected chi connectivity index (χ4v) is 4.46. The van der Waals surface area contributed by atoms with Gasteiger partial charge in [-0.05, 0) is 24.3 Å². The van der Waals surface area contributed by atoms with E-state index in [1.807, 2.05) is 91.1 Å². The van der Waals surface area contributed by atoms with Gasteiger partial charge in [0, 0.05) is 0 Å². The smallest absolute Gasteiger partial charge is 0.339 e. The van der Waals surface area contributed by atoms with Crippen molar-refractivity contribution in [2.45, 2.75) is 0 Å². The Morgan fingerprint density at radius 3 is 1.74 bits per heavy atom. The lowest BCUT2D eigenvalue weighted by molar-refractivity contribution is 0.373. The molecule has 0 spiro atoms. The molecule has 4 rings (SSSR count). The van der Waals surface area contributed by atoms with Crippen molar-refractivity contribution in [2.24, 2.45) is 0 Å². The first kappa shape index (κ1) is 14.0. The summed E-state index contributed by atoms with van der Waals surface area (Å²) in [5, 5.41) is 0. The summed E-state index contributed by atoms with van der Waals surface area (Å²) in [5.74, 6) is 2.23. The van der Waals surface area contributed by atoms with Crippen LogP contribution in [0.25, 0.3) is 0 Å². The molecule has 0 atom stereocenters. The van der Waals surface area contributed by atoms with Crippen LogP contribution in [0.2, 0.25) is 0 Å². The topological polar surface area (TPSA) is 27.7 Å². The normalized spacial score (nSPS) is 14.3. The molecule has 1 aliphatic rings. The predicted octanol–water partition coefficient (Wildman–Crippen LogP) is 5.51. The van der Waals surface area contributed by atoms with E-state index in [-0.39, 0.29) is 0 Å². The van der Waals surface area contributed by atoms with E-state index in [4.69, 9.17) is 13.6 Å². The van der Waals surface area contributed by atoms with Crippen molar-refractivity contribution in [1.29, 1.82) is 0 Å². The first-order valence-electron chi connectivity index (χ1n) is 7.36. The summed E-state index contributed by atoms with van der Waals surface area (Å²) < 4.78 is 18.4. The third-order valence-electron chi connectivity index (χ3n) is 3.39.